The average molecular weight is 255 g/mol. The molecule has 2 nitrogen and oxygen atoms in total. The van der Waals surface area contributed by atoms with Crippen molar-refractivity contribution in [2.24, 2.45) is 0 Å². The van der Waals surface area contributed by atoms with E-state index < -0.39 is 0 Å². The number of hydrogen-bond donors (Lipinski definition) is 1. The van der Waals surface area contributed by atoms with E-state index in [4.69, 9.17) is 4.74 Å². The Hall–Kier alpha value is -0.580. The van der Waals surface area contributed by atoms with Gasteiger partial charge in [0, 0.05) is 17.5 Å². The zero-order chi connectivity index (χ0) is 12.3. The molecule has 1 N–H and O–H groups in total. The van der Waals surface area contributed by atoms with E-state index in [9.17, 15) is 4.39 Å². The van der Waals surface area contributed by atoms with Crippen molar-refractivity contribution in [2.75, 3.05) is 13.2 Å². The molecule has 1 heterocycles. The van der Waals surface area contributed by atoms with Gasteiger partial charge in [-0.1, -0.05) is 13.8 Å². The molecule has 0 unspecified atom stereocenters. The number of halogens is 1. The molecular weight excluding hydrogens is 237 g/mol. The Morgan fingerprint density at radius 2 is 2.24 bits per heavy atom. The van der Waals surface area contributed by atoms with E-state index in [1.165, 1.54) is 6.07 Å². The van der Waals surface area contributed by atoms with Gasteiger partial charge in [0.25, 0.3) is 0 Å². The summed E-state index contributed by atoms with van der Waals surface area (Å²) in [5, 5.41) is 3.85. The van der Waals surface area contributed by atoms with E-state index in [1.54, 1.807) is 17.8 Å². The third-order valence-corrected chi connectivity index (χ3v) is 3.88. The summed E-state index contributed by atoms with van der Waals surface area (Å²) in [6.45, 7) is 6.50. The van der Waals surface area contributed by atoms with Crippen LogP contribution in [0.25, 0.3) is 0 Å². The fraction of sp³-hybridized carbons (Fsp3) is 0.538. The molecular formula is C13H18FNOS. The van der Waals surface area contributed by atoms with Gasteiger partial charge in [-0.3, -0.25) is 0 Å². The van der Waals surface area contributed by atoms with Crippen LogP contribution in [0.5, 0.6) is 0 Å². The van der Waals surface area contributed by atoms with Gasteiger partial charge in [0.2, 0.25) is 0 Å². The second-order valence-electron chi connectivity index (χ2n) is 4.56. The summed E-state index contributed by atoms with van der Waals surface area (Å²) >= 11 is 1.79. The lowest BCUT2D eigenvalue weighted by molar-refractivity contribution is 0.0455. The van der Waals surface area contributed by atoms with E-state index in [0.717, 1.165) is 23.7 Å². The number of benzene rings is 1. The van der Waals surface area contributed by atoms with Crippen LogP contribution in [-0.2, 0) is 11.3 Å². The summed E-state index contributed by atoms with van der Waals surface area (Å²) in [6, 6.07) is 5.43. The van der Waals surface area contributed by atoms with Gasteiger partial charge in [0.05, 0.1) is 18.5 Å². The SMILES string of the molecule is CC(C)NCc1cc(F)ccc1SC1COC1. The summed E-state index contributed by atoms with van der Waals surface area (Å²) in [5.41, 5.74) is 1.04. The summed E-state index contributed by atoms with van der Waals surface area (Å²) in [4.78, 5) is 1.16. The van der Waals surface area contributed by atoms with Crippen LogP contribution in [0.2, 0.25) is 0 Å². The minimum absolute atomic E-state index is 0.167. The molecule has 94 valence electrons. The Morgan fingerprint density at radius 3 is 2.82 bits per heavy atom. The number of hydrogen-bond acceptors (Lipinski definition) is 3. The highest BCUT2D eigenvalue weighted by Gasteiger charge is 2.20. The van der Waals surface area contributed by atoms with Crippen LogP contribution in [-0.4, -0.2) is 24.5 Å². The molecule has 17 heavy (non-hydrogen) atoms. The zero-order valence-corrected chi connectivity index (χ0v) is 11.0. The minimum Gasteiger partial charge on any atom is -0.379 e. The highest BCUT2D eigenvalue weighted by Crippen LogP contribution is 2.31. The standard InChI is InChI=1S/C13H18FNOS/c1-9(2)15-6-10-5-11(14)3-4-13(10)17-12-7-16-8-12/h3-5,9,12,15H,6-8H2,1-2H3. The van der Waals surface area contributed by atoms with Gasteiger partial charge >= 0.3 is 0 Å². The zero-order valence-electron chi connectivity index (χ0n) is 10.2. The Labute approximate surface area is 106 Å². The second-order valence-corrected chi connectivity index (χ2v) is 5.91. The molecule has 1 fully saturated rings. The second kappa shape index (κ2) is 5.85. The molecule has 0 saturated carbocycles. The van der Waals surface area contributed by atoms with Crippen molar-refractivity contribution in [2.45, 2.75) is 36.6 Å². The molecule has 4 heteroatoms. The molecule has 2 rings (SSSR count). The van der Waals surface area contributed by atoms with Gasteiger partial charge in [0.1, 0.15) is 5.82 Å². The molecule has 0 radical (unpaired) electrons. The first kappa shape index (κ1) is 12.9. The van der Waals surface area contributed by atoms with Crippen molar-refractivity contribution >= 4 is 11.8 Å². The smallest absolute Gasteiger partial charge is 0.123 e. The molecule has 1 saturated heterocycles. The van der Waals surface area contributed by atoms with E-state index in [0.29, 0.717) is 17.8 Å². The number of ether oxygens (including phenoxy) is 1. The Morgan fingerprint density at radius 1 is 1.47 bits per heavy atom. The fourth-order valence-corrected chi connectivity index (χ4v) is 2.69. The Kier molecular flexibility index (Phi) is 4.42. The van der Waals surface area contributed by atoms with Crippen LogP contribution in [0, 0.1) is 5.82 Å². The molecule has 0 bridgehead atoms. The third kappa shape index (κ3) is 3.69. The molecule has 0 spiro atoms. The van der Waals surface area contributed by atoms with Gasteiger partial charge < -0.3 is 10.1 Å². The molecule has 1 aromatic rings. The van der Waals surface area contributed by atoms with Crippen LogP contribution in [0.1, 0.15) is 19.4 Å². The predicted octanol–water partition coefficient (Wildman–Crippen LogP) is 2.81. The molecule has 1 aliphatic rings. The number of nitrogens with one attached hydrogen (secondary N) is 1. The normalized spacial score (nSPS) is 16.2. The maximum atomic E-state index is 13.2. The lowest BCUT2D eigenvalue weighted by Crippen LogP contribution is -2.30. The maximum Gasteiger partial charge on any atom is 0.123 e. The van der Waals surface area contributed by atoms with Crippen LogP contribution in [0.3, 0.4) is 0 Å². The van der Waals surface area contributed by atoms with E-state index in [2.05, 4.69) is 19.2 Å². The van der Waals surface area contributed by atoms with Gasteiger partial charge in [-0.15, -0.1) is 11.8 Å². The van der Waals surface area contributed by atoms with Crippen molar-refractivity contribution in [3.05, 3.63) is 29.6 Å². The van der Waals surface area contributed by atoms with E-state index in [1.807, 2.05) is 6.07 Å². The van der Waals surface area contributed by atoms with Gasteiger partial charge in [-0.2, -0.15) is 0 Å². The number of thioether (sulfide) groups is 1. The molecule has 0 atom stereocenters. The summed E-state index contributed by atoms with van der Waals surface area (Å²) in [5.74, 6) is -0.167. The third-order valence-electron chi connectivity index (χ3n) is 2.62. The largest absolute Gasteiger partial charge is 0.379 e. The summed E-state index contributed by atoms with van der Waals surface area (Å²) in [6.07, 6.45) is 0. The lowest BCUT2D eigenvalue weighted by atomic mass is 10.2. The first-order valence-corrected chi connectivity index (χ1v) is 6.79. The molecule has 1 aromatic carbocycles. The van der Waals surface area contributed by atoms with E-state index in [-0.39, 0.29) is 5.82 Å². The van der Waals surface area contributed by atoms with Gasteiger partial charge in [-0.25, -0.2) is 4.39 Å². The molecule has 0 amide bonds. The summed E-state index contributed by atoms with van der Waals surface area (Å²) in [7, 11) is 0. The molecule has 0 aromatic heterocycles. The topological polar surface area (TPSA) is 21.3 Å². The average Bonchev–Trinajstić information content (AvgIpc) is 2.22. The van der Waals surface area contributed by atoms with Gasteiger partial charge in [-0.05, 0) is 23.8 Å². The first-order chi connectivity index (χ1) is 8.15. The minimum atomic E-state index is -0.167. The van der Waals surface area contributed by atoms with Crippen LogP contribution >= 0.6 is 11.8 Å². The van der Waals surface area contributed by atoms with Crippen LogP contribution in [0.15, 0.2) is 23.1 Å². The van der Waals surface area contributed by atoms with Crippen molar-refractivity contribution < 1.29 is 9.13 Å². The monoisotopic (exact) mass is 255 g/mol. The van der Waals surface area contributed by atoms with Crippen LogP contribution in [0.4, 0.5) is 4.39 Å². The summed E-state index contributed by atoms with van der Waals surface area (Å²) < 4.78 is 18.4. The van der Waals surface area contributed by atoms with E-state index >= 15 is 0 Å². The van der Waals surface area contributed by atoms with Crippen molar-refractivity contribution in [3.8, 4) is 0 Å². The number of rotatable bonds is 5. The Bertz CT molecular complexity index is 380. The fourth-order valence-electron chi connectivity index (χ4n) is 1.58. The van der Waals surface area contributed by atoms with Crippen molar-refractivity contribution in [3.63, 3.8) is 0 Å². The van der Waals surface area contributed by atoms with Gasteiger partial charge in [0.15, 0.2) is 0 Å². The molecule has 0 aliphatic carbocycles. The Balaban J connectivity index is 2.06. The predicted molar refractivity (Wildman–Crippen MR) is 68.8 cm³/mol. The lowest BCUT2D eigenvalue weighted by Gasteiger charge is -2.26. The van der Waals surface area contributed by atoms with Crippen molar-refractivity contribution in [1.29, 1.82) is 0 Å². The highest BCUT2D eigenvalue weighted by atomic mass is 32.2. The highest BCUT2D eigenvalue weighted by molar-refractivity contribution is 8.00. The maximum absolute atomic E-state index is 13.2. The molecule has 1 aliphatic heterocycles. The van der Waals surface area contributed by atoms with Crippen molar-refractivity contribution in [1.82, 2.24) is 5.32 Å². The quantitative estimate of drug-likeness (QED) is 0.874. The first-order valence-electron chi connectivity index (χ1n) is 5.91. The van der Waals surface area contributed by atoms with Crippen LogP contribution < -0.4 is 5.32 Å².